The van der Waals surface area contributed by atoms with Crippen LogP contribution in [0.1, 0.15) is 110 Å². The monoisotopic (exact) mass is 409 g/mol. The van der Waals surface area contributed by atoms with Gasteiger partial charge in [-0.3, -0.25) is 9.59 Å². The van der Waals surface area contributed by atoms with Crippen molar-refractivity contribution in [2.45, 2.75) is 116 Å². The molecule has 160 valence electrons. The Hall–Kier alpha value is -0.590. The van der Waals surface area contributed by atoms with Crippen molar-refractivity contribution in [3.05, 3.63) is 0 Å². The summed E-state index contributed by atoms with van der Waals surface area (Å²) >= 11 is 0. The zero-order chi connectivity index (χ0) is 20.3. The maximum atomic E-state index is 11.8. The average Bonchev–Trinajstić information content (AvgIpc) is 2.62. The number of hydrogen-bond acceptors (Lipinski definition) is 3. The Bertz CT molecular complexity index is 418. The van der Waals surface area contributed by atoms with E-state index in [0.717, 1.165) is 19.3 Å². The van der Waals surface area contributed by atoms with Crippen LogP contribution in [-0.4, -0.2) is 63.7 Å². The molecule has 6 nitrogen and oxygen atoms in total. The number of carboxylic acids is 2. The molecule has 0 radical (unpaired) electrons. The molecule has 7 heteroatoms. The molecule has 0 saturated carbocycles. The van der Waals surface area contributed by atoms with Crippen LogP contribution >= 0.6 is 0 Å². The van der Waals surface area contributed by atoms with Gasteiger partial charge in [0.1, 0.15) is 6.04 Å². The summed E-state index contributed by atoms with van der Waals surface area (Å²) < 4.78 is 0. The van der Waals surface area contributed by atoms with Crippen molar-refractivity contribution in [1.82, 2.24) is 5.32 Å². The number of carbonyl (C=O) groups is 3. The van der Waals surface area contributed by atoms with Gasteiger partial charge in [-0.15, -0.1) is 0 Å². The van der Waals surface area contributed by atoms with Crippen LogP contribution < -0.4 is 5.32 Å². The van der Waals surface area contributed by atoms with E-state index in [2.05, 4.69) is 12.2 Å². The van der Waals surface area contributed by atoms with E-state index in [1.807, 2.05) is 0 Å². The number of carboxylic acid groups (broad SMARTS) is 2. The molecule has 28 heavy (non-hydrogen) atoms. The fourth-order valence-corrected chi connectivity index (χ4v) is 3.10. The minimum absolute atomic E-state index is 0. The summed E-state index contributed by atoms with van der Waals surface area (Å²) in [5, 5.41) is 20.0. The topological polar surface area (TPSA) is 104 Å². The van der Waals surface area contributed by atoms with Crippen molar-refractivity contribution in [1.29, 1.82) is 0 Å². The molecular formula is C21H40NNaO5. The molecule has 0 bridgehead atoms. The van der Waals surface area contributed by atoms with Gasteiger partial charge in [-0.05, 0) is 12.8 Å². The van der Waals surface area contributed by atoms with Crippen LogP contribution in [-0.2, 0) is 14.4 Å². The molecule has 1 amide bonds. The molecule has 0 saturated heterocycles. The van der Waals surface area contributed by atoms with Gasteiger partial charge in [0.15, 0.2) is 0 Å². The molecule has 0 aromatic carbocycles. The number of hydrogen-bond donors (Lipinski definition) is 3. The number of nitrogens with one attached hydrogen (secondary N) is 1. The van der Waals surface area contributed by atoms with Crippen LogP contribution in [0.15, 0.2) is 0 Å². The molecule has 0 aliphatic carbocycles. The van der Waals surface area contributed by atoms with Crippen molar-refractivity contribution < 1.29 is 24.6 Å². The zero-order valence-electron chi connectivity index (χ0n) is 17.0. The number of carbonyl (C=O) groups excluding carboxylic acids is 1. The van der Waals surface area contributed by atoms with E-state index in [4.69, 9.17) is 10.2 Å². The Morgan fingerprint density at radius 2 is 1.14 bits per heavy atom. The quantitative estimate of drug-likeness (QED) is 0.218. The summed E-state index contributed by atoms with van der Waals surface area (Å²) in [6.07, 6.45) is 15.9. The Kier molecular flexibility index (Phi) is 22.3. The third-order valence-electron chi connectivity index (χ3n) is 4.79. The van der Waals surface area contributed by atoms with Gasteiger partial charge in [0.25, 0.3) is 0 Å². The van der Waals surface area contributed by atoms with Gasteiger partial charge in [0.05, 0.1) is 0 Å². The van der Waals surface area contributed by atoms with E-state index < -0.39 is 18.0 Å². The van der Waals surface area contributed by atoms with Crippen LogP contribution in [0.25, 0.3) is 0 Å². The van der Waals surface area contributed by atoms with Crippen molar-refractivity contribution in [3.8, 4) is 0 Å². The van der Waals surface area contributed by atoms with Gasteiger partial charge in [0.2, 0.25) is 5.91 Å². The molecule has 1 atom stereocenters. The van der Waals surface area contributed by atoms with Crippen LogP contribution in [0.3, 0.4) is 0 Å². The van der Waals surface area contributed by atoms with Crippen LogP contribution in [0, 0.1) is 0 Å². The van der Waals surface area contributed by atoms with Gasteiger partial charge in [-0.1, -0.05) is 84.0 Å². The fraction of sp³-hybridized carbons (Fsp3) is 0.857. The average molecular weight is 410 g/mol. The number of aliphatic carboxylic acids is 2. The molecule has 3 N–H and O–H groups in total. The first-order valence-electron chi connectivity index (χ1n) is 10.7. The van der Waals surface area contributed by atoms with Crippen molar-refractivity contribution in [2.24, 2.45) is 0 Å². The summed E-state index contributed by atoms with van der Waals surface area (Å²) in [4.78, 5) is 33.3. The maximum absolute atomic E-state index is 11.8. The van der Waals surface area contributed by atoms with E-state index in [9.17, 15) is 14.4 Å². The number of amides is 1. The number of unbranched alkanes of at least 4 members (excludes halogenated alkanes) is 12. The fourth-order valence-electron chi connectivity index (χ4n) is 3.10. The molecule has 0 spiro atoms. The first-order chi connectivity index (χ1) is 13.0. The molecule has 0 rings (SSSR count). The van der Waals surface area contributed by atoms with E-state index in [1.165, 1.54) is 64.2 Å². The van der Waals surface area contributed by atoms with E-state index in [1.54, 1.807) is 0 Å². The van der Waals surface area contributed by atoms with Crippen molar-refractivity contribution in [2.75, 3.05) is 0 Å². The third-order valence-corrected chi connectivity index (χ3v) is 4.79. The Morgan fingerprint density at radius 1 is 0.714 bits per heavy atom. The standard InChI is InChI=1S/C21H39NO5.Na.H/c1-2-3-4-5-6-7-8-9-10-11-12-13-14-15-19(23)22-18(21(26)27)16-17-20(24)25;;/h18H,2-17H2,1H3,(H,22,23)(H,24,25)(H,26,27);;/t18-;;/m1../s1. The van der Waals surface area contributed by atoms with Crippen molar-refractivity contribution >= 4 is 47.4 Å². The van der Waals surface area contributed by atoms with E-state index >= 15 is 0 Å². The summed E-state index contributed by atoms with van der Waals surface area (Å²) in [6, 6.07) is -1.12. The van der Waals surface area contributed by atoms with Gasteiger partial charge in [0, 0.05) is 12.8 Å². The third kappa shape index (κ3) is 20.2. The molecule has 0 aromatic rings. The van der Waals surface area contributed by atoms with E-state index in [0.29, 0.717) is 6.42 Å². The summed E-state index contributed by atoms with van der Waals surface area (Å²) in [5.74, 6) is -2.56. The van der Waals surface area contributed by atoms with Crippen LogP contribution in [0.4, 0.5) is 0 Å². The molecule has 0 heterocycles. The number of rotatable bonds is 19. The van der Waals surface area contributed by atoms with Crippen LogP contribution in [0.5, 0.6) is 0 Å². The molecular weight excluding hydrogens is 369 g/mol. The first kappa shape index (κ1) is 29.6. The Balaban J connectivity index is 0. The second-order valence-electron chi connectivity index (χ2n) is 7.38. The van der Waals surface area contributed by atoms with E-state index in [-0.39, 0.29) is 48.3 Å². The van der Waals surface area contributed by atoms with Gasteiger partial charge < -0.3 is 15.5 Å². The molecule has 0 aliphatic heterocycles. The van der Waals surface area contributed by atoms with Gasteiger partial charge >= 0.3 is 41.5 Å². The predicted octanol–water partition coefficient (Wildman–Crippen LogP) is 4.25. The van der Waals surface area contributed by atoms with Gasteiger partial charge in [-0.25, -0.2) is 4.79 Å². The molecule has 0 aromatic heterocycles. The molecule has 0 unspecified atom stereocenters. The summed E-state index contributed by atoms with van der Waals surface area (Å²) in [7, 11) is 0. The predicted molar refractivity (Wildman–Crippen MR) is 114 cm³/mol. The van der Waals surface area contributed by atoms with Crippen LogP contribution in [0.2, 0.25) is 0 Å². The minimum atomic E-state index is -1.19. The Morgan fingerprint density at radius 3 is 1.54 bits per heavy atom. The summed E-state index contributed by atoms with van der Waals surface area (Å²) in [6.45, 7) is 2.24. The first-order valence-corrected chi connectivity index (χ1v) is 10.7. The van der Waals surface area contributed by atoms with Crippen molar-refractivity contribution in [3.63, 3.8) is 0 Å². The second-order valence-corrected chi connectivity index (χ2v) is 7.38. The molecule has 0 aliphatic rings. The second kappa shape index (κ2) is 21.1. The van der Waals surface area contributed by atoms with Gasteiger partial charge in [-0.2, -0.15) is 0 Å². The zero-order valence-corrected chi connectivity index (χ0v) is 17.0. The Labute approximate surface area is 192 Å². The SMILES string of the molecule is CCCCCCCCCCCCCCCC(=O)N[C@H](CCC(=O)O)C(=O)O.[NaH]. The molecule has 0 fully saturated rings. The normalized spacial score (nSPS) is 11.5. The summed E-state index contributed by atoms with van der Waals surface area (Å²) in [5.41, 5.74) is 0.